The largest absolute Gasteiger partial charge is 0.465 e. The van der Waals surface area contributed by atoms with E-state index in [2.05, 4.69) is 10.2 Å². The van der Waals surface area contributed by atoms with Crippen molar-refractivity contribution in [1.82, 2.24) is 14.7 Å². The number of nitrogens with zero attached hydrogens (tertiary/aromatic N) is 4. The topological polar surface area (TPSA) is 79.4 Å². The third kappa shape index (κ3) is 6.03. The molecule has 1 atom stereocenters. The molecule has 0 bridgehead atoms. The third-order valence-corrected chi connectivity index (χ3v) is 6.97. The van der Waals surface area contributed by atoms with Gasteiger partial charge < -0.3 is 20.2 Å². The lowest BCUT2D eigenvalue weighted by molar-refractivity contribution is 0.0711. The number of halogens is 1. The number of piperazine rings is 1. The molecule has 0 aliphatic carbocycles. The normalized spacial score (nSPS) is 19.5. The Labute approximate surface area is 205 Å². The summed E-state index contributed by atoms with van der Waals surface area (Å²) in [5, 5.41) is 12.5. The van der Waals surface area contributed by atoms with E-state index < -0.39 is 6.09 Å². The smallest absolute Gasteiger partial charge is 0.407 e. The van der Waals surface area contributed by atoms with Gasteiger partial charge in [-0.1, -0.05) is 24.3 Å². The molecule has 2 aromatic rings. The van der Waals surface area contributed by atoms with Gasteiger partial charge in [-0.2, -0.15) is 0 Å². The summed E-state index contributed by atoms with van der Waals surface area (Å²) in [6, 6.07) is 14.7. The monoisotopic (exact) mass is 483 g/mol. The van der Waals surface area contributed by atoms with Crippen molar-refractivity contribution in [2.75, 3.05) is 50.0 Å². The van der Waals surface area contributed by atoms with Crippen molar-refractivity contribution < 1.29 is 19.1 Å². The number of nitrogens with one attached hydrogen (secondary N) is 1. The molecule has 0 saturated carbocycles. The molecule has 0 spiro atoms. The molecular formula is C26H34FN5O3. The number of carboxylic acid groups (broad SMARTS) is 1. The lowest BCUT2D eigenvalue weighted by Crippen LogP contribution is -2.53. The minimum absolute atomic E-state index is 0.0321. The molecule has 0 aromatic heterocycles. The zero-order valence-electron chi connectivity index (χ0n) is 20.4. The first-order chi connectivity index (χ1) is 16.8. The lowest BCUT2D eigenvalue weighted by atomic mass is 10.0. The second kappa shape index (κ2) is 10.9. The lowest BCUT2D eigenvalue weighted by Gasteiger charge is -2.38. The summed E-state index contributed by atoms with van der Waals surface area (Å²) in [5.74, 6) is -0.258. The van der Waals surface area contributed by atoms with Crippen LogP contribution in [0.1, 0.15) is 25.3 Å². The van der Waals surface area contributed by atoms with Gasteiger partial charge in [0, 0.05) is 64.1 Å². The Morgan fingerprint density at radius 3 is 2.37 bits per heavy atom. The van der Waals surface area contributed by atoms with E-state index >= 15 is 0 Å². The Bertz CT molecular complexity index is 1030. The van der Waals surface area contributed by atoms with Crippen molar-refractivity contribution in [2.45, 2.75) is 38.4 Å². The molecule has 2 aliphatic heterocycles. The molecule has 2 heterocycles. The zero-order valence-corrected chi connectivity index (χ0v) is 20.4. The predicted molar refractivity (Wildman–Crippen MR) is 134 cm³/mol. The average molecular weight is 484 g/mol. The van der Waals surface area contributed by atoms with Gasteiger partial charge in [-0.3, -0.25) is 9.80 Å². The van der Waals surface area contributed by atoms with Crippen LogP contribution in [0.5, 0.6) is 0 Å². The first kappa shape index (κ1) is 24.8. The van der Waals surface area contributed by atoms with Crippen molar-refractivity contribution in [3.8, 4) is 0 Å². The van der Waals surface area contributed by atoms with Crippen molar-refractivity contribution >= 4 is 23.5 Å². The predicted octanol–water partition coefficient (Wildman–Crippen LogP) is 4.14. The molecule has 2 saturated heterocycles. The van der Waals surface area contributed by atoms with Crippen LogP contribution in [0.25, 0.3) is 0 Å². The number of hydrogen-bond donors (Lipinski definition) is 2. The minimum atomic E-state index is -0.861. The van der Waals surface area contributed by atoms with E-state index in [-0.39, 0.29) is 23.9 Å². The molecule has 35 heavy (non-hydrogen) atoms. The summed E-state index contributed by atoms with van der Waals surface area (Å²) in [6.45, 7) is 5.84. The summed E-state index contributed by atoms with van der Waals surface area (Å²) in [4.78, 5) is 31.6. The minimum Gasteiger partial charge on any atom is -0.465 e. The first-order valence-corrected chi connectivity index (χ1v) is 12.2. The quantitative estimate of drug-likeness (QED) is 0.668. The number of amides is 3. The van der Waals surface area contributed by atoms with Crippen LogP contribution in [0, 0.1) is 5.82 Å². The van der Waals surface area contributed by atoms with Crippen LogP contribution in [0.2, 0.25) is 0 Å². The van der Waals surface area contributed by atoms with Gasteiger partial charge >= 0.3 is 12.1 Å². The summed E-state index contributed by atoms with van der Waals surface area (Å²) in [6.07, 6.45) is 0.667. The number of carbonyl (C=O) groups is 2. The molecule has 0 unspecified atom stereocenters. The summed E-state index contributed by atoms with van der Waals surface area (Å²) < 4.78 is 13.9. The fourth-order valence-corrected chi connectivity index (χ4v) is 4.88. The number of likely N-dealkylation sites (tertiary alicyclic amines) is 1. The van der Waals surface area contributed by atoms with E-state index in [4.69, 9.17) is 0 Å². The van der Waals surface area contributed by atoms with E-state index in [0.717, 1.165) is 30.6 Å². The van der Waals surface area contributed by atoms with E-state index in [1.807, 2.05) is 42.2 Å². The van der Waals surface area contributed by atoms with Crippen LogP contribution in [-0.2, 0) is 6.54 Å². The van der Waals surface area contributed by atoms with Crippen LogP contribution in [0.3, 0.4) is 0 Å². The van der Waals surface area contributed by atoms with Crippen molar-refractivity contribution in [1.29, 1.82) is 0 Å². The van der Waals surface area contributed by atoms with Gasteiger partial charge in [0.2, 0.25) is 0 Å². The van der Waals surface area contributed by atoms with Gasteiger partial charge in [-0.15, -0.1) is 0 Å². The van der Waals surface area contributed by atoms with Crippen LogP contribution in [-0.4, -0.2) is 83.8 Å². The Morgan fingerprint density at radius 1 is 1.06 bits per heavy atom. The number of carbonyl (C=O) groups excluding carboxylic acids is 1. The number of anilines is 2. The molecule has 0 radical (unpaired) electrons. The number of rotatable bonds is 5. The molecule has 9 heteroatoms. The fourth-order valence-electron chi connectivity index (χ4n) is 4.88. The molecule has 188 valence electrons. The second-order valence-electron chi connectivity index (χ2n) is 9.45. The third-order valence-electron chi connectivity index (χ3n) is 6.97. The molecule has 2 aliphatic rings. The molecule has 3 amide bonds. The van der Waals surface area contributed by atoms with Gasteiger partial charge in [0.15, 0.2) is 0 Å². The van der Waals surface area contributed by atoms with Crippen LogP contribution in [0.15, 0.2) is 48.5 Å². The maximum absolute atomic E-state index is 13.9. The van der Waals surface area contributed by atoms with Gasteiger partial charge in [0.1, 0.15) is 5.82 Å². The average Bonchev–Trinajstić information content (AvgIpc) is 2.85. The molecule has 4 rings (SSSR count). The SMILES string of the molecule is C[C@H]1CN(Cc2ccc(N(C)C(=O)N3CCC(Nc4ccccc4F)CC3)cc2)CCN1C(=O)O. The maximum atomic E-state index is 13.9. The zero-order chi connectivity index (χ0) is 24.9. The number of piperidine rings is 1. The van der Waals surface area contributed by atoms with Gasteiger partial charge in [-0.25, -0.2) is 14.0 Å². The summed E-state index contributed by atoms with van der Waals surface area (Å²) in [5.41, 5.74) is 2.47. The van der Waals surface area contributed by atoms with Crippen LogP contribution in [0.4, 0.5) is 25.4 Å². The maximum Gasteiger partial charge on any atom is 0.407 e. The van der Waals surface area contributed by atoms with Gasteiger partial charge in [0.05, 0.1) is 5.69 Å². The summed E-state index contributed by atoms with van der Waals surface area (Å²) in [7, 11) is 1.79. The van der Waals surface area contributed by atoms with Gasteiger partial charge in [-0.05, 0) is 49.6 Å². The molecule has 2 fully saturated rings. The van der Waals surface area contributed by atoms with Crippen molar-refractivity contribution in [3.05, 3.63) is 59.9 Å². The Kier molecular flexibility index (Phi) is 7.75. The number of hydrogen-bond acceptors (Lipinski definition) is 4. The van der Waals surface area contributed by atoms with Gasteiger partial charge in [0.25, 0.3) is 0 Å². The van der Waals surface area contributed by atoms with Crippen LogP contribution >= 0.6 is 0 Å². The number of urea groups is 1. The molecule has 2 aromatic carbocycles. The fraction of sp³-hybridized carbons (Fsp3) is 0.462. The summed E-state index contributed by atoms with van der Waals surface area (Å²) >= 11 is 0. The Hall–Kier alpha value is -3.33. The van der Waals surface area contributed by atoms with E-state index in [9.17, 15) is 19.1 Å². The molecular weight excluding hydrogens is 449 g/mol. The standard InChI is InChI=1S/C26H34FN5O3/c1-19-17-30(15-16-32(19)26(34)35)18-20-7-9-22(10-8-20)29(2)25(33)31-13-11-21(12-14-31)28-24-6-4-3-5-23(24)27/h3-10,19,21,28H,11-18H2,1-2H3,(H,34,35)/t19-/m0/s1. The van der Waals surface area contributed by atoms with Crippen molar-refractivity contribution in [2.24, 2.45) is 0 Å². The highest BCUT2D eigenvalue weighted by molar-refractivity contribution is 5.91. The Morgan fingerprint density at radius 2 is 1.74 bits per heavy atom. The molecule has 2 N–H and O–H groups in total. The first-order valence-electron chi connectivity index (χ1n) is 12.2. The number of benzene rings is 2. The van der Waals surface area contributed by atoms with E-state index in [1.165, 1.54) is 11.0 Å². The molecule has 8 nitrogen and oxygen atoms in total. The van der Waals surface area contributed by atoms with E-state index in [0.29, 0.717) is 38.4 Å². The highest BCUT2D eigenvalue weighted by Crippen LogP contribution is 2.22. The van der Waals surface area contributed by atoms with E-state index in [1.54, 1.807) is 24.1 Å². The van der Waals surface area contributed by atoms with Crippen molar-refractivity contribution in [3.63, 3.8) is 0 Å². The second-order valence-corrected chi connectivity index (χ2v) is 9.45. The highest BCUT2D eigenvalue weighted by atomic mass is 19.1. The Balaban J connectivity index is 1.26. The van der Waals surface area contributed by atoms with Crippen LogP contribution < -0.4 is 10.2 Å². The highest BCUT2D eigenvalue weighted by Gasteiger charge is 2.28. The number of para-hydroxylation sites is 1.